The molecule has 0 unspecified atom stereocenters. The van der Waals surface area contributed by atoms with Crippen LogP contribution in [0.5, 0.6) is 0 Å². The van der Waals surface area contributed by atoms with Crippen molar-refractivity contribution in [2.24, 2.45) is 0 Å². The predicted octanol–water partition coefficient (Wildman–Crippen LogP) is 1.78. The maximum Gasteiger partial charge on any atom is 0.331 e. The standard InChI is InChI=1S/C18H23NO5/c1-12(24-11-14-6-4-10-23-14)17(20)19-9-8-13-5-2-3-7-15(13)16(19)18(21)22/h2-3,5,7,12,14,16H,4,6,8-11H2,1H3,(H,21,22)/t12-,14-,16-/m0/s1. The highest BCUT2D eigenvalue weighted by Gasteiger charge is 2.37. The van der Waals surface area contributed by atoms with Gasteiger partial charge in [-0.2, -0.15) is 0 Å². The minimum Gasteiger partial charge on any atom is -0.479 e. The van der Waals surface area contributed by atoms with Gasteiger partial charge >= 0.3 is 5.97 Å². The maximum atomic E-state index is 12.7. The Bertz CT molecular complexity index is 611. The minimum atomic E-state index is -1.01. The van der Waals surface area contributed by atoms with E-state index in [0.717, 1.165) is 25.0 Å². The lowest BCUT2D eigenvalue weighted by Crippen LogP contribution is -2.48. The van der Waals surface area contributed by atoms with Gasteiger partial charge < -0.3 is 19.5 Å². The van der Waals surface area contributed by atoms with E-state index in [2.05, 4.69) is 0 Å². The normalized spacial score (nSPS) is 24.5. The van der Waals surface area contributed by atoms with Gasteiger partial charge in [0.1, 0.15) is 6.10 Å². The molecule has 2 aliphatic heterocycles. The van der Waals surface area contributed by atoms with Gasteiger partial charge in [0.15, 0.2) is 6.04 Å². The number of benzene rings is 1. The van der Waals surface area contributed by atoms with Crippen molar-refractivity contribution in [2.45, 2.75) is 44.4 Å². The number of carbonyl (C=O) groups excluding carboxylic acids is 1. The second kappa shape index (κ2) is 7.32. The van der Waals surface area contributed by atoms with Crippen LogP contribution in [-0.4, -0.2) is 53.8 Å². The molecule has 2 heterocycles. The predicted molar refractivity (Wildman–Crippen MR) is 86.6 cm³/mol. The average molecular weight is 333 g/mol. The van der Waals surface area contributed by atoms with Crippen molar-refractivity contribution in [3.63, 3.8) is 0 Å². The molecule has 1 amide bonds. The van der Waals surface area contributed by atoms with Crippen LogP contribution in [0.3, 0.4) is 0 Å². The SMILES string of the molecule is C[C@H](OC[C@@H]1CCCO1)C(=O)N1CCc2ccccc2[C@H]1C(=O)O. The van der Waals surface area contributed by atoms with Gasteiger partial charge in [-0.1, -0.05) is 24.3 Å². The van der Waals surface area contributed by atoms with Crippen LogP contribution in [0.2, 0.25) is 0 Å². The lowest BCUT2D eigenvalue weighted by atomic mass is 9.92. The lowest BCUT2D eigenvalue weighted by molar-refractivity contribution is -0.157. The van der Waals surface area contributed by atoms with Crippen LogP contribution in [0.1, 0.15) is 36.9 Å². The molecule has 0 saturated carbocycles. The van der Waals surface area contributed by atoms with Crippen molar-refractivity contribution in [2.75, 3.05) is 19.8 Å². The van der Waals surface area contributed by atoms with Gasteiger partial charge in [-0.25, -0.2) is 4.79 Å². The Morgan fingerprint density at radius 3 is 2.92 bits per heavy atom. The van der Waals surface area contributed by atoms with Crippen LogP contribution in [0.25, 0.3) is 0 Å². The summed E-state index contributed by atoms with van der Waals surface area (Å²) in [6.45, 7) is 3.17. The molecule has 0 aromatic heterocycles. The molecule has 1 fully saturated rings. The fourth-order valence-corrected chi connectivity index (χ4v) is 3.40. The summed E-state index contributed by atoms with van der Waals surface area (Å²) in [6, 6.07) is 6.45. The number of hydrogen-bond donors (Lipinski definition) is 1. The Morgan fingerprint density at radius 2 is 2.21 bits per heavy atom. The second-order valence-corrected chi connectivity index (χ2v) is 6.33. The molecule has 130 valence electrons. The van der Waals surface area contributed by atoms with Crippen LogP contribution < -0.4 is 0 Å². The quantitative estimate of drug-likeness (QED) is 0.889. The number of aliphatic carboxylic acids is 1. The zero-order valence-electron chi connectivity index (χ0n) is 13.8. The first-order chi connectivity index (χ1) is 11.6. The summed E-state index contributed by atoms with van der Waals surface area (Å²) in [5.41, 5.74) is 1.68. The van der Waals surface area contributed by atoms with Crippen LogP contribution in [0.4, 0.5) is 0 Å². The number of hydrogen-bond acceptors (Lipinski definition) is 4. The van der Waals surface area contributed by atoms with Gasteiger partial charge in [0, 0.05) is 13.2 Å². The van der Waals surface area contributed by atoms with Gasteiger partial charge in [-0.15, -0.1) is 0 Å². The third kappa shape index (κ3) is 3.44. The largest absolute Gasteiger partial charge is 0.479 e. The number of rotatable bonds is 5. The lowest BCUT2D eigenvalue weighted by Gasteiger charge is -2.36. The molecule has 6 nitrogen and oxygen atoms in total. The molecule has 1 N–H and O–H groups in total. The number of carboxylic acid groups (broad SMARTS) is 1. The molecule has 1 saturated heterocycles. The Kier molecular flexibility index (Phi) is 5.16. The molecular formula is C18H23NO5. The van der Waals surface area contributed by atoms with E-state index >= 15 is 0 Å². The van der Waals surface area contributed by atoms with Gasteiger partial charge in [0.2, 0.25) is 0 Å². The summed E-state index contributed by atoms with van der Waals surface area (Å²) < 4.78 is 11.1. The zero-order chi connectivity index (χ0) is 17.1. The van der Waals surface area contributed by atoms with Crippen LogP contribution >= 0.6 is 0 Å². The topological polar surface area (TPSA) is 76.1 Å². The number of ether oxygens (including phenoxy) is 2. The van der Waals surface area contributed by atoms with Crippen LogP contribution in [0.15, 0.2) is 24.3 Å². The number of nitrogens with zero attached hydrogens (tertiary/aromatic N) is 1. The van der Waals surface area contributed by atoms with Gasteiger partial charge in [-0.05, 0) is 37.3 Å². The van der Waals surface area contributed by atoms with E-state index < -0.39 is 18.1 Å². The monoisotopic (exact) mass is 333 g/mol. The first-order valence-electron chi connectivity index (χ1n) is 8.42. The van der Waals surface area contributed by atoms with Crippen LogP contribution in [0, 0.1) is 0 Å². The van der Waals surface area contributed by atoms with E-state index in [1.165, 1.54) is 4.90 Å². The summed E-state index contributed by atoms with van der Waals surface area (Å²) in [5.74, 6) is -1.29. The first kappa shape index (κ1) is 16.9. The molecule has 0 aliphatic carbocycles. The molecule has 0 spiro atoms. The van der Waals surface area contributed by atoms with Crippen LogP contribution in [-0.2, 0) is 25.5 Å². The first-order valence-corrected chi connectivity index (χ1v) is 8.42. The van der Waals surface area contributed by atoms with Crippen molar-refractivity contribution in [1.82, 2.24) is 4.90 Å². The fourth-order valence-electron chi connectivity index (χ4n) is 3.40. The highest BCUT2D eigenvalue weighted by atomic mass is 16.5. The van der Waals surface area contributed by atoms with Gasteiger partial charge in [0.25, 0.3) is 5.91 Å². The average Bonchev–Trinajstić information content (AvgIpc) is 3.11. The summed E-state index contributed by atoms with van der Waals surface area (Å²) in [6.07, 6.45) is 1.97. The summed E-state index contributed by atoms with van der Waals surface area (Å²) in [5, 5.41) is 9.63. The molecule has 3 rings (SSSR count). The molecule has 24 heavy (non-hydrogen) atoms. The van der Waals surface area contributed by atoms with Crippen molar-refractivity contribution < 1.29 is 24.2 Å². The molecule has 6 heteroatoms. The zero-order valence-corrected chi connectivity index (χ0v) is 13.8. The molecule has 1 aromatic rings. The Morgan fingerprint density at radius 1 is 1.42 bits per heavy atom. The van der Waals surface area contributed by atoms with Crippen molar-refractivity contribution >= 4 is 11.9 Å². The molecular weight excluding hydrogens is 310 g/mol. The van der Waals surface area contributed by atoms with Crippen molar-refractivity contribution in [3.05, 3.63) is 35.4 Å². The van der Waals surface area contributed by atoms with Crippen molar-refractivity contribution in [3.8, 4) is 0 Å². The Hall–Kier alpha value is -1.92. The van der Waals surface area contributed by atoms with E-state index in [1.807, 2.05) is 12.1 Å². The van der Waals surface area contributed by atoms with E-state index in [1.54, 1.807) is 19.1 Å². The third-order valence-electron chi connectivity index (χ3n) is 4.70. The smallest absolute Gasteiger partial charge is 0.331 e. The molecule has 2 aliphatic rings. The summed E-state index contributed by atoms with van der Waals surface area (Å²) >= 11 is 0. The second-order valence-electron chi connectivity index (χ2n) is 6.33. The molecule has 0 bridgehead atoms. The van der Waals surface area contributed by atoms with Gasteiger partial charge in [-0.3, -0.25) is 4.79 Å². The third-order valence-corrected chi connectivity index (χ3v) is 4.70. The van der Waals surface area contributed by atoms with Gasteiger partial charge in [0.05, 0.1) is 12.7 Å². The summed E-state index contributed by atoms with van der Waals surface area (Å²) in [4.78, 5) is 25.9. The maximum absolute atomic E-state index is 12.7. The van der Waals surface area contributed by atoms with E-state index in [4.69, 9.17) is 9.47 Å². The minimum absolute atomic E-state index is 0.0394. The van der Waals surface area contributed by atoms with E-state index in [9.17, 15) is 14.7 Å². The molecule has 1 aromatic carbocycles. The molecule has 0 radical (unpaired) electrons. The molecule has 3 atom stereocenters. The van der Waals surface area contributed by atoms with E-state index in [0.29, 0.717) is 25.1 Å². The van der Waals surface area contributed by atoms with E-state index in [-0.39, 0.29) is 12.0 Å². The fraction of sp³-hybridized carbons (Fsp3) is 0.556. The highest BCUT2D eigenvalue weighted by molar-refractivity contribution is 5.87. The Labute approximate surface area is 141 Å². The number of carboxylic acids is 1. The summed E-state index contributed by atoms with van der Waals surface area (Å²) in [7, 11) is 0. The number of carbonyl (C=O) groups is 2. The van der Waals surface area contributed by atoms with Crippen molar-refractivity contribution in [1.29, 1.82) is 0 Å². The Balaban J connectivity index is 1.70. The number of fused-ring (bicyclic) bond motifs is 1. The highest BCUT2D eigenvalue weighted by Crippen LogP contribution is 2.30. The number of amides is 1.